The zero-order chi connectivity index (χ0) is 32.6. The third-order valence-electron chi connectivity index (χ3n) is 8.61. The van der Waals surface area contributed by atoms with Crippen molar-refractivity contribution < 1.29 is 29.3 Å². The number of hydrogen-bond acceptors (Lipinski definition) is 7. The molecule has 0 fully saturated rings. The van der Waals surface area contributed by atoms with Crippen molar-refractivity contribution >= 4 is 37.5 Å². The van der Waals surface area contributed by atoms with E-state index in [1.165, 1.54) is 0 Å². The molecule has 0 saturated heterocycles. The van der Waals surface area contributed by atoms with E-state index in [1.54, 1.807) is 32.1 Å². The number of Topliss-reactive ketones (excluding diaryl/α,β-unsaturated/α-hetero) is 1. The van der Waals surface area contributed by atoms with Crippen LogP contribution in [0.5, 0.6) is 0 Å². The van der Waals surface area contributed by atoms with Gasteiger partial charge in [0.1, 0.15) is 5.78 Å². The fourth-order valence-electron chi connectivity index (χ4n) is 4.43. The first-order chi connectivity index (χ1) is 19.1. The monoisotopic (exact) mass is 621 g/mol. The second-order valence-corrected chi connectivity index (χ2v) is 19.6. The number of aliphatic carboxylic acids is 1. The van der Waals surface area contributed by atoms with Crippen molar-refractivity contribution in [2.45, 2.75) is 125 Å². The molecule has 0 aliphatic carbocycles. The first-order valence-corrected chi connectivity index (χ1v) is 18.6. The summed E-state index contributed by atoms with van der Waals surface area (Å²) in [6, 6.07) is 0. The van der Waals surface area contributed by atoms with Crippen LogP contribution in [-0.2, 0) is 14.0 Å². The molecule has 0 aromatic carbocycles. The maximum absolute atomic E-state index is 13.7. The average molecular weight is 622 g/mol. The van der Waals surface area contributed by atoms with E-state index in [0.717, 1.165) is 21.8 Å². The summed E-state index contributed by atoms with van der Waals surface area (Å²) in [6.07, 6.45) is 6.37. The van der Waals surface area contributed by atoms with Crippen molar-refractivity contribution in [3.05, 3.63) is 45.5 Å². The minimum absolute atomic E-state index is 0.145. The molecule has 1 heterocycles. The number of carboxylic acid groups (broad SMARTS) is 1. The summed E-state index contributed by atoms with van der Waals surface area (Å²) in [6.45, 7) is 23.2. The van der Waals surface area contributed by atoms with E-state index in [1.807, 2.05) is 70.5 Å². The Hall–Kier alpha value is -1.91. The molecular formula is C33H55NO6SSi. The van der Waals surface area contributed by atoms with Crippen LogP contribution in [-0.4, -0.2) is 58.7 Å². The first kappa shape index (κ1) is 38.1. The maximum atomic E-state index is 13.7. The molecule has 0 saturated carbocycles. The molecule has 0 amide bonds. The van der Waals surface area contributed by atoms with Gasteiger partial charge in [-0.05, 0) is 63.4 Å². The summed E-state index contributed by atoms with van der Waals surface area (Å²) in [5, 5.41) is 34.0. The molecule has 7 nitrogen and oxygen atoms in total. The molecule has 1 aromatic heterocycles. The van der Waals surface area contributed by atoms with Crippen LogP contribution in [0.15, 0.2) is 34.8 Å². The number of thiazole rings is 1. The van der Waals surface area contributed by atoms with E-state index in [-0.39, 0.29) is 23.2 Å². The summed E-state index contributed by atoms with van der Waals surface area (Å²) < 4.78 is 6.48. The van der Waals surface area contributed by atoms with E-state index in [4.69, 9.17) is 4.43 Å². The van der Waals surface area contributed by atoms with E-state index in [0.29, 0.717) is 12.8 Å². The van der Waals surface area contributed by atoms with Gasteiger partial charge in [-0.15, -0.1) is 11.3 Å². The normalized spacial score (nSPS) is 17.7. The van der Waals surface area contributed by atoms with E-state index in [9.17, 15) is 24.9 Å². The zero-order valence-corrected chi connectivity index (χ0v) is 29.6. The fourth-order valence-corrected chi connectivity index (χ4v) is 6.44. The minimum atomic E-state index is -2.36. The van der Waals surface area contributed by atoms with Gasteiger partial charge in [0.25, 0.3) is 0 Å². The number of aliphatic hydroxyl groups excluding tert-OH is 2. The van der Waals surface area contributed by atoms with Crippen molar-refractivity contribution in [1.82, 2.24) is 4.98 Å². The fraction of sp³-hybridized carbons (Fsp3) is 0.667. The Bertz CT molecular complexity index is 1140. The predicted octanol–water partition coefficient (Wildman–Crippen LogP) is 7.59. The quantitative estimate of drug-likeness (QED) is 0.129. The molecule has 0 aliphatic rings. The summed E-state index contributed by atoms with van der Waals surface area (Å²) in [5.41, 5.74) is 1.72. The Kier molecular flexibility index (Phi) is 14.3. The SMILES string of the molecule is C/C(=C/C[C@H](O)/C(C)=C/c1csc(C)n1)C/C=C/[C@H](C)[C@H](O)[C@@H](C)C(=O)C(C)(C)[C@H](CC(=O)O)O[Si](C)(C)C(C)(C)C. The molecule has 9 heteroatoms. The molecule has 1 aromatic rings. The summed E-state index contributed by atoms with van der Waals surface area (Å²) in [7, 11) is -2.36. The molecule has 0 radical (unpaired) electrons. The van der Waals surface area contributed by atoms with Gasteiger partial charge in [-0.25, -0.2) is 4.98 Å². The Labute approximate surface area is 258 Å². The van der Waals surface area contributed by atoms with Crippen LogP contribution >= 0.6 is 11.3 Å². The zero-order valence-electron chi connectivity index (χ0n) is 27.8. The molecule has 238 valence electrons. The van der Waals surface area contributed by atoms with Crippen molar-refractivity contribution in [2.24, 2.45) is 17.3 Å². The van der Waals surface area contributed by atoms with Crippen molar-refractivity contribution in [1.29, 1.82) is 0 Å². The Balaban J connectivity index is 2.85. The topological polar surface area (TPSA) is 117 Å². The highest BCUT2D eigenvalue weighted by Gasteiger charge is 2.47. The van der Waals surface area contributed by atoms with Crippen LogP contribution in [0.1, 0.15) is 92.3 Å². The standard InChI is InChI=1S/C33H55NO6SSi/c1-21(16-17-27(35)23(3)18-26-20-41-25(5)34-26)14-13-15-22(2)30(38)24(4)31(39)33(9,10)28(19-29(36)37)40-42(11,12)32(6,7)8/h13,15-16,18,20,22,24,27-28,30,35,38H,14,17,19H2,1-12H3,(H,36,37)/b15-13+,21-16-,23-18+/t22-,24+,27-,28-,30-/m0/s1. The van der Waals surface area contributed by atoms with E-state index in [2.05, 4.69) is 25.8 Å². The van der Waals surface area contributed by atoms with Gasteiger partial charge in [0.05, 0.1) is 35.4 Å². The molecular weight excluding hydrogens is 567 g/mol. The summed E-state index contributed by atoms with van der Waals surface area (Å²) >= 11 is 1.58. The largest absolute Gasteiger partial charge is 0.481 e. The number of carbonyl (C=O) groups is 2. The number of aliphatic hydroxyl groups is 2. The molecule has 0 spiro atoms. The molecule has 0 aliphatic heterocycles. The third kappa shape index (κ3) is 11.3. The predicted molar refractivity (Wildman–Crippen MR) is 176 cm³/mol. The van der Waals surface area contributed by atoms with Crippen molar-refractivity contribution in [2.75, 3.05) is 0 Å². The highest BCUT2D eigenvalue weighted by Crippen LogP contribution is 2.41. The number of carboxylic acids is 1. The van der Waals surface area contributed by atoms with Gasteiger partial charge in [0.2, 0.25) is 0 Å². The van der Waals surface area contributed by atoms with E-state index >= 15 is 0 Å². The number of ketones is 1. The lowest BCUT2D eigenvalue weighted by atomic mass is 9.73. The Morgan fingerprint density at radius 1 is 1.12 bits per heavy atom. The van der Waals surface area contributed by atoms with Crippen LogP contribution < -0.4 is 0 Å². The van der Waals surface area contributed by atoms with Crippen LogP contribution in [0.3, 0.4) is 0 Å². The average Bonchev–Trinajstić information content (AvgIpc) is 3.28. The molecule has 5 atom stereocenters. The van der Waals surface area contributed by atoms with Crippen molar-refractivity contribution in [3.63, 3.8) is 0 Å². The number of allylic oxidation sites excluding steroid dienone is 2. The number of rotatable bonds is 16. The van der Waals surface area contributed by atoms with E-state index < -0.39 is 43.9 Å². The number of aryl methyl sites for hydroxylation is 1. The van der Waals surface area contributed by atoms with Crippen LogP contribution in [0.4, 0.5) is 0 Å². The highest BCUT2D eigenvalue weighted by molar-refractivity contribution is 7.09. The summed E-state index contributed by atoms with van der Waals surface area (Å²) in [5.74, 6) is -2.21. The molecule has 1 rings (SSSR count). The number of hydrogen-bond donors (Lipinski definition) is 3. The summed E-state index contributed by atoms with van der Waals surface area (Å²) in [4.78, 5) is 29.8. The lowest BCUT2D eigenvalue weighted by Crippen LogP contribution is -2.52. The van der Waals surface area contributed by atoms with Gasteiger partial charge in [-0.1, -0.05) is 72.3 Å². The van der Waals surface area contributed by atoms with Gasteiger partial charge in [0.15, 0.2) is 8.32 Å². The number of nitrogens with zero attached hydrogens (tertiary/aromatic N) is 1. The van der Waals surface area contributed by atoms with Crippen LogP contribution in [0.25, 0.3) is 6.08 Å². The molecule has 3 N–H and O–H groups in total. The van der Waals surface area contributed by atoms with Gasteiger partial charge < -0.3 is 19.7 Å². The Morgan fingerprint density at radius 3 is 2.21 bits per heavy atom. The third-order valence-corrected chi connectivity index (χ3v) is 13.9. The maximum Gasteiger partial charge on any atom is 0.305 e. The number of aromatic nitrogens is 1. The second-order valence-electron chi connectivity index (χ2n) is 13.8. The molecule has 0 bridgehead atoms. The Morgan fingerprint density at radius 2 is 1.71 bits per heavy atom. The second kappa shape index (κ2) is 15.7. The first-order valence-electron chi connectivity index (χ1n) is 14.8. The number of carbonyl (C=O) groups excluding carboxylic acids is 1. The van der Waals surface area contributed by atoms with Crippen molar-refractivity contribution in [3.8, 4) is 0 Å². The molecule has 0 unspecified atom stereocenters. The lowest BCUT2D eigenvalue weighted by Gasteiger charge is -2.44. The van der Waals surface area contributed by atoms with Gasteiger partial charge in [0, 0.05) is 22.6 Å². The highest BCUT2D eigenvalue weighted by atomic mass is 32.1. The van der Waals surface area contributed by atoms with Gasteiger partial charge in [-0.2, -0.15) is 0 Å². The lowest BCUT2D eigenvalue weighted by molar-refractivity contribution is -0.146. The smallest absolute Gasteiger partial charge is 0.305 e. The van der Waals surface area contributed by atoms with Gasteiger partial charge in [-0.3, -0.25) is 9.59 Å². The van der Waals surface area contributed by atoms with Crippen LogP contribution in [0.2, 0.25) is 18.1 Å². The minimum Gasteiger partial charge on any atom is -0.481 e. The van der Waals surface area contributed by atoms with Crippen LogP contribution in [0, 0.1) is 24.2 Å². The molecule has 42 heavy (non-hydrogen) atoms. The van der Waals surface area contributed by atoms with Gasteiger partial charge >= 0.3 is 5.97 Å².